The maximum Gasteiger partial charge on any atom is 0.182 e. The van der Waals surface area contributed by atoms with Crippen molar-refractivity contribution in [2.24, 2.45) is 0 Å². The van der Waals surface area contributed by atoms with Gasteiger partial charge in [-0.25, -0.2) is 4.68 Å². The summed E-state index contributed by atoms with van der Waals surface area (Å²) < 4.78 is 1.78. The van der Waals surface area contributed by atoms with Gasteiger partial charge in [0.2, 0.25) is 0 Å². The summed E-state index contributed by atoms with van der Waals surface area (Å²) in [6.45, 7) is 0.693. The van der Waals surface area contributed by atoms with Gasteiger partial charge in [-0.2, -0.15) is 0 Å². The molecule has 0 atom stereocenters. The van der Waals surface area contributed by atoms with Gasteiger partial charge in [-0.3, -0.25) is 0 Å². The molecular formula is C15H14ClN5. The van der Waals surface area contributed by atoms with Gasteiger partial charge in [-0.1, -0.05) is 35.9 Å². The zero-order valence-electron chi connectivity index (χ0n) is 11.3. The van der Waals surface area contributed by atoms with Crippen LogP contribution in [0.15, 0.2) is 48.5 Å². The minimum atomic E-state index is 0.693. The molecule has 0 aliphatic heterocycles. The summed E-state index contributed by atoms with van der Waals surface area (Å²) in [6, 6.07) is 15.3. The summed E-state index contributed by atoms with van der Waals surface area (Å²) in [4.78, 5) is 0. The van der Waals surface area contributed by atoms with E-state index in [1.165, 1.54) is 5.56 Å². The summed E-state index contributed by atoms with van der Waals surface area (Å²) >= 11 is 5.88. The molecule has 1 aromatic heterocycles. The first-order chi connectivity index (χ1) is 10.2. The summed E-state index contributed by atoms with van der Waals surface area (Å²) in [5.74, 6) is 0.719. The molecule has 2 N–H and O–H groups in total. The number of aryl methyl sites for hydroxylation is 2. The summed E-state index contributed by atoms with van der Waals surface area (Å²) in [5, 5.41) is 12.6. The Kier molecular flexibility index (Phi) is 3.83. The third kappa shape index (κ3) is 3.20. The minimum absolute atomic E-state index is 0.693. The van der Waals surface area contributed by atoms with Gasteiger partial charge in [-0.15, -0.1) is 5.10 Å². The molecule has 0 spiro atoms. The highest BCUT2D eigenvalue weighted by Gasteiger charge is 2.09. The summed E-state index contributed by atoms with van der Waals surface area (Å²) in [5.41, 5.74) is 8.60. The number of hydrogen-bond acceptors (Lipinski definition) is 4. The number of hydrogen-bond donors (Lipinski definition) is 1. The average Bonchev–Trinajstić information content (AvgIpc) is 2.95. The lowest BCUT2D eigenvalue weighted by atomic mass is 10.1. The molecule has 0 aliphatic carbocycles. The van der Waals surface area contributed by atoms with Gasteiger partial charge in [0.25, 0.3) is 0 Å². The first kappa shape index (κ1) is 13.6. The molecule has 0 saturated carbocycles. The number of tetrazole rings is 1. The number of halogens is 1. The van der Waals surface area contributed by atoms with Gasteiger partial charge in [0.05, 0.1) is 0 Å². The van der Waals surface area contributed by atoms with Crippen LogP contribution in [0, 0.1) is 0 Å². The van der Waals surface area contributed by atoms with Crippen LogP contribution in [0.2, 0.25) is 5.02 Å². The van der Waals surface area contributed by atoms with E-state index in [4.69, 9.17) is 17.3 Å². The van der Waals surface area contributed by atoms with Gasteiger partial charge in [0, 0.05) is 22.8 Å². The van der Waals surface area contributed by atoms with Gasteiger partial charge in [-0.05, 0) is 46.7 Å². The molecule has 0 radical (unpaired) electrons. The number of nitrogens with zero attached hydrogens (tertiary/aromatic N) is 4. The van der Waals surface area contributed by atoms with Crippen molar-refractivity contribution in [3.8, 4) is 11.4 Å². The Morgan fingerprint density at radius 1 is 1.10 bits per heavy atom. The van der Waals surface area contributed by atoms with Crippen molar-refractivity contribution in [1.82, 2.24) is 20.2 Å². The molecule has 2 aromatic carbocycles. The quantitative estimate of drug-likeness (QED) is 0.752. The van der Waals surface area contributed by atoms with E-state index in [0.29, 0.717) is 12.2 Å². The van der Waals surface area contributed by atoms with Crippen molar-refractivity contribution in [1.29, 1.82) is 0 Å². The number of aromatic nitrogens is 4. The van der Waals surface area contributed by atoms with E-state index in [9.17, 15) is 0 Å². The molecule has 5 nitrogen and oxygen atoms in total. The molecule has 6 heteroatoms. The highest BCUT2D eigenvalue weighted by Crippen LogP contribution is 2.19. The van der Waals surface area contributed by atoms with Gasteiger partial charge >= 0.3 is 0 Å². The van der Waals surface area contributed by atoms with Crippen LogP contribution in [0.5, 0.6) is 0 Å². The van der Waals surface area contributed by atoms with E-state index in [1.54, 1.807) is 4.68 Å². The van der Waals surface area contributed by atoms with Crippen molar-refractivity contribution in [2.75, 3.05) is 5.73 Å². The van der Waals surface area contributed by atoms with E-state index in [-0.39, 0.29) is 0 Å². The summed E-state index contributed by atoms with van der Waals surface area (Å²) in [7, 11) is 0. The lowest BCUT2D eigenvalue weighted by Gasteiger charge is -2.05. The van der Waals surface area contributed by atoms with Crippen molar-refractivity contribution in [3.63, 3.8) is 0 Å². The van der Waals surface area contributed by atoms with Gasteiger partial charge in [0.1, 0.15) is 0 Å². The molecule has 0 amide bonds. The minimum Gasteiger partial charge on any atom is -0.399 e. The molecule has 3 aromatic rings. The largest absolute Gasteiger partial charge is 0.399 e. The molecule has 1 heterocycles. The van der Waals surface area contributed by atoms with Crippen LogP contribution in [0.3, 0.4) is 0 Å². The number of nitrogens with two attached hydrogens (primary N) is 1. The Balaban J connectivity index is 1.78. The Hall–Kier alpha value is -2.40. The fourth-order valence-electron chi connectivity index (χ4n) is 2.13. The fraction of sp³-hybridized carbons (Fsp3) is 0.133. The van der Waals surface area contributed by atoms with Crippen LogP contribution < -0.4 is 5.73 Å². The molecule has 0 fully saturated rings. The lowest BCUT2D eigenvalue weighted by molar-refractivity contribution is 0.594. The predicted molar refractivity (Wildman–Crippen MR) is 82.8 cm³/mol. The van der Waals surface area contributed by atoms with Crippen LogP contribution in [-0.2, 0) is 13.0 Å². The Labute approximate surface area is 127 Å². The first-order valence-corrected chi connectivity index (χ1v) is 6.97. The van der Waals surface area contributed by atoms with Gasteiger partial charge < -0.3 is 5.73 Å². The monoisotopic (exact) mass is 299 g/mol. The zero-order chi connectivity index (χ0) is 14.7. The fourth-order valence-corrected chi connectivity index (χ4v) is 2.25. The molecule has 21 heavy (non-hydrogen) atoms. The van der Waals surface area contributed by atoms with E-state index in [2.05, 4.69) is 15.5 Å². The highest BCUT2D eigenvalue weighted by molar-refractivity contribution is 6.30. The predicted octanol–water partition coefficient (Wildman–Crippen LogP) is 2.82. The molecule has 0 saturated heterocycles. The standard InChI is InChI=1S/C15H14ClN5/c16-13-6-4-11(5-7-13)8-9-21-15(18-19-20-21)12-2-1-3-14(17)10-12/h1-7,10H,8-9,17H2. The van der Waals surface area contributed by atoms with Crippen LogP contribution in [0.1, 0.15) is 5.56 Å². The van der Waals surface area contributed by atoms with Crippen LogP contribution in [-0.4, -0.2) is 20.2 Å². The molecule has 106 valence electrons. The number of benzene rings is 2. The van der Waals surface area contributed by atoms with Crippen LogP contribution >= 0.6 is 11.6 Å². The normalized spacial score (nSPS) is 10.7. The highest BCUT2D eigenvalue weighted by atomic mass is 35.5. The lowest BCUT2D eigenvalue weighted by Crippen LogP contribution is -2.05. The topological polar surface area (TPSA) is 69.6 Å². The van der Waals surface area contributed by atoms with E-state index < -0.39 is 0 Å². The summed E-state index contributed by atoms with van der Waals surface area (Å²) in [6.07, 6.45) is 0.831. The Morgan fingerprint density at radius 2 is 1.90 bits per heavy atom. The molecular weight excluding hydrogens is 286 g/mol. The zero-order valence-corrected chi connectivity index (χ0v) is 12.0. The van der Waals surface area contributed by atoms with E-state index >= 15 is 0 Å². The third-order valence-electron chi connectivity index (χ3n) is 3.20. The molecule has 0 unspecified atom stereocenters. The van der Waals surface area contributed by atoms with Gasteiger partial charge in [0.15, 0.2) is 5.82 Å². The number of rotatable bonds is 4. The Morgan fingerprint density at radius 3 is 2.67 bits per heavy atom. The second-order valence-corrected chi connectivity index (χ2v) is 5.16. The second kappa shape index (κ2) is 5.93. The van der Waals surface area contributed by atoms with Crippen molar-refractivity contribution < 1.29 is 0 Å². The van der Waals surface area contributed by atoms with Crippen LogP contribution in [0.25, 0.3) is 11.4 Å². The molecule has 0 bridgehead atoms. The smallest absolute Gasteiger partial charge is 0.182 e. The maximum absolute atomic E-state index is 5.88. The number of nitrogen functional groups attached to an aromatic ring is 1. The van der Waals surface area contributed by atoms with Crippen LogP contribution in [0.4, 0.5) is 5.69 Å². The van der Waals surface area contributed by atoms with Crippen molar-refractivity contribution in [2.45, 2.75) is 13.0 Å². The maximum atomic E-state index is 5.88. The third-order valence-corrected chi connectivity index (χ3v) is 3.45. The molecule has 3 rings (SSSR count). The number of anilines is 1. The van der Waals surface area contributed by atoms with Crippen molar-refractivity contribution in [3.05, 3.63) is 59.1 Å². The van der Waals surface area contributed by atoms with E-state index in [1.807, 2.05) is 48.5 Å². The van der Waals surface area contributed by atoms with Crippen molar-refractivity contribution >= 4 is 17.3 Å². The molecule has 0 aliphatic rings. The second-order valence-electron chi connectivity index (χ2n) is 4.73. The average molecular weight is 300 g/mol. The Bertz CT molecular complexity index is 736. The first-order valence-electron chi connectivity index (χ1n) is 6.59. The SMILES string of the molecule is Nc1cccc(-c2nnnn2CCc2ccc(Cl)cc2)c1. The van der Waals surface area contributed by atoms with E-state index in [0.717, 1.165) is 22.8 Å².